The predicted molar refractivity (Wildman–Crippen MR) is 63.7 cm³/mol. The lowest BCUT2D eigenvalue weighted by molar-refractivity contribution is 0.453. The Labute approximate surface area is 95.3 Å². The van der Waals surface area contributed by atoms with Crippen LogP contribution in [0.1, 0.15) is 39.0 Å². The summed E-state index contributed by atoms with van der Waals surface area (Å²) in [7, 11) is 3.15. The first-order valence-electron chi connectivity index (χ1n) is 5.92. The summed E-state index contributed by atoms with van der Waals surface area (Å²) in [5.74, 6) is 0. The van der Waals surface area contributed by atoms with Crippen LogP contribution in [0.4, 0.5) is 0 Å². The monoisotopic (exact) mass is 227 g/mol. The molecule has 92 valence electrons. The molecule has 0 aliphatic heterocycles. The molecule has 0 atom stereocenters. The summed E-state index contributed by atoms with van der Waals surface area (Å²) >= 11 is 0. The smallest absolute Gasteiger partial charge is 0.246 e. The van der Waals surface area contributed by atoms with Crippen LogP contribution in [0.5, 0.6) is 0 Å². The van der Waals surface area contributed by atoms with Crippen molar-refractivity contribution in [2.24, 2.45) is 14.1 Å². The zero-order valence-corrected chi connectivity index (χ0v) is 10.4. The van der Waals surface area contributed by atoms with Crippen molar-refractivity contribution in [3.05, 3.63) is 21.0 Å². The number of aromatic nitrogens is 3. The minimum Gasteiger partial charge on any atom is -0.246 e. The van der Waals surface area contributed by atoms with E-state index >= 15 is 0 Å². The molecule has 0 amide bonds. The zero-order chi connectivity index (χ0) is 12.1. The highest BCUT2D eigenvalue weighted by molar-refractivity contribution is 4.70. The van der Waals surface area contributed by atoms with Gasteiger partial charge < -0.3 is 0 Å². The molecule has 1 rings (SSSR count). The average Bonchev–Trinajstić information content (AvgIpc) is 2.46. The van der Waals surface area contributed by atoms with Gasteiger partial charge in [-0.15, -0.1) is 0 Å². The van der Waals surface area contributed by atoms with Crippen LogP contribution in [-0.4, -0.2) is 13.9 Å². The first-order valence-corrected chi connectivity index (χ1v) is 5.92. The van der Waals surface area contributed by atoms with Gasteiger partial charge in [-0.3, -0.25) is 0 Å². The summed E-state index contributed by atoms with van der Waals surface area (Å²) in [6.45, 7) is 2.81. The molecule has 0 unspecified atom stereocenters. The van der Waals surface area contributed by atoms with Crippen LogP contribution in [0, 0.1) is 0 Å². The van der Waals surface area contributed by atoms with Crippen molar-refractivity contribution in [2.45, 2.75) is 45.6 Å². The molecule has 0 spiro atoms. The van der Waals surface area contributed by atoms with Crippen LogP contribution in [-0.2, 0) is 20.6 Å². The molecule has 0 radical (unpaired) electrons. The molecule has 0 fully saturated rings. The van der Waals surface area contributed by atoms with Crippen LogP contribution in [0.25, 0.3) is 0 Å². The maximum Gasteiger partial charge on any atom is 0.346 e. The number of hydrogen-bond acceptors (Lipinski definition) is 2. The van der Waals surface area contributed by atoms with E-state index in [-0.39, 0.29) is 11.4 Å². The third-order valence-corrected chi connectivity index (χ3v) is 2.91. The van der Waals surface area contributed by atoms with E-state index in [1.165, 1.54) is 35.7 Å². The Hall–Kier alpha value is -1.26. The van der Waals surface area contributed by atoms with Gasteiger partial charge in [0.1, 0.15) is 0 Å². The molecule has 0 bridgehead atoms. The molecule has 0 aliphatic rings. The largest absolute Gasteiger partial charge is 0.346 e. The van der Waals surface area contributed by atoms with Gasteiger partial charge in [-0.25, -0.2) is 23.5 Å². The van der Waals surface area contributed by atoms with E-state index < -0.39 is 0 Å². The molecule has 1 aromatic rings. The molecule has 0 saturated heterocycles. The maximum atomic E-state index is 11.6. The molecule has 5 nitrogen and oxygen atoms in total. The van der Waals surface area contributed by atoms with Crippen LogP contribution >= 0.6 is 0 Å². The minimum absolute atomic E-state index is 0.219. The topological polar surface area (TPSA) is 48.9 Å². The van der Waals surface area contributed by atoms with Gasteiger partial charge in [0.05, 0.1) is 0 Å². The Morgan fingerprint density at radius 1 is 0.938 bits per heavy atom. The normalized spacial score (nSPS) is 10.9. The second-order valence-electron chi connectivity index (χ2n) is 4.19. The predicted octanol–water partition coefficient (Wildman–Crippen LogP) is 0.856. The van der Waals surface area contributed by atoms with Gasteiger partial charge in [0.2, 0.25) is 0 Å². The fourth-order valence-electron chi connectivity index (χ4n) is 1.81. The molecule has 0 saturated carbocycles. The Bertz CT molecular complexity index is 439. The lowest BCUT2D eigenvalue weighted by Crippen LogP contribution is -2.25. The summed E-state index contributed by atoms with van der Waals surface area (Å²) in [4.78, 5) is 23.1. The van der Waals surface area contributed by atoms with Crippen molar-refractivity contribution < 1.29 is 0 Å². The Morgan fingerprint density at radius 2 is 1.56 bits per heavy atom. The molecule has 5 heteroatoms. The van der Waals surface area contributed by atoms with E-state index in [2.05, 4.69) is 6.92 Å². The van der Waals surface area contributed by atoms with Crippen molar-refractivity contribution in [1.82, 2.24) is 13.9 Å². The van der Waals surface area contributed by atoms with Crippen molar-refractivity contribution >= 4 is 0 Å². The van der Waals surface area contributed by atoms with Crippen molar-refractivity contribution in [1.29, 1.82) is 0 Å². The fourth-order valence-corrected chi connectivity index (χ4v) is 1.81. The van der Waals surface area contributed by atoms with E-state index in [0.717, 1.165) is 17.4 Å². The molecular weight excluding hydrogens is 206 g/mol. The molecule has 0 aromatic carbocycles. The van der Waals surface area contributed by atoms with Gasteiger partial charge >= 0.3 is 11.4 Å². The lowest BCUT2D eigenvalue weighted by atomic mass is 10.1. The van der Waals surface area contributed by atoms with E-state index in [0.29, 0.717) is 6.54 Å². The number of nitrogens with zero attached hydrogens (tertiary/aromatic N) is 3. The number of unbranched alkanes of at least 4 members (excludes halogenated alkanes) is 4. The first-order chi connectivity index (χ1) is 7.59. The Balaban J connectivity index is 2.58. The Kier molecular flexibility index (Phi) is 4.58. The van der Waals surface area contributed by atoms with Crippen LogP contribution in [0.15, 0.2) is 9.59 Å². The quantitative estimate of drug-likeness (QED) is 0.677. The van der Waals surface area contributed by atoms with Gasteiger partial charge in [0.25, 0.3) is 0 Å². The first kappa shape index (κ1) is 12.8. The van der Waals surface area contributed by atoms with Crippen LogP contribution in [0.2, 0.25) is 0 Å². The summed E-state index contributed by atoms with van der Waals surface area (Å²) in [6.07, 6.45) is 5.72. The van der Waals surface area contributed by atoms with Gasteiger partial charge in [-0.05, 0) is 6.42 Å². The number of rotatable bonds is 6. The standard InChI is InChI=1S/C11H21N3O2/c1-4-5-6-7-8-9-14-11(16)12(2)10(15)13(14)3/h4-9H2,1-3H3. The van der Waals surface area contributed by atoms with Gasteiger partial charge in [-0.1, -0.05) is 32.6 Å². The van der Waals surface area contributed by atoms with Gasteiger partial charge in [0, 0.05) is 20.6 Å². The SMILES string of the molecule is CCCCCCCn1c(=O)n(C)c(=O)n1C. The van der Waals surface area contributed by atoms with Crippen molar-refractivity contribution in [2.75, 3.05) is 0 Å². The number of hydrogen-bond donors (Lipinski definition) is 0. The van der Waals surface area contributed by atoms with E-state index in [4.69, 9.17) is 0 Å². The summed E-state index contributed by atoms with van der Waals surface area (Å²) in [5, 5.41) is 0. The summed E-state index contributed by atoms with van der Waals surface area (Å²) in [6, 6.07) is 0. The lowest BCUT2D eigenvalue weighted by Gasteiger charge is -2.04. The molecule has 1 aromatic heterocycles. The molecule has 0 aliphatic carbocycles. The second-order valence-corrected chi connectivity index (χ2v) is 4.19. The van der Waals surface area contributed by atoms with E-state index in [1.54, 1.807) is 7.05 Å². The van der Waals surface area contributed by atoms with Gasteiger partial charge in [0.15, 0.2) is 0 Å². The summed E-state index contributed by atoms with van der Waals surface area (Å²) in [5.41, 5.74) is -0.471. The fraction of sp³-hybridized carbons (Fsp3) is 0.818. The third-order valence-electron chi connectivity index (χ3n) is 2.91. The van der Waals surface area contributed by atoms with Crippen molar-refractivity contribution in [3.63, 3.8) is 0 Å². The van der Waals surface area contributed by atoms with Gasteiger partial charge in [-0.2, -0.15) is 0 Å². The highest BCUT2D eigenvalue weighted by atomic mass is 16.2. The Morgan fingerprint density at radius 3 is 2.06 bits per heavy atom. The highest BCUT2D eigenvalue weighted by Crippen LogP contribution is 2.02. The molecular formula is C11H21N3O2. The third kappa shape index (κ3) is 2.65. The van der Waals surface area contributed by atoms with Crippen LogP contribution in [0.3, 0.4) is 0 Å². The zero-order valence-electron chi connectivity index (χ0n) is 10.4. The van der Waals surface area contributed by atoms with Crippen molar-refractivity contribution in [3.8, 4) is 0 Å². The molecule has 0 N–H and O–H groups in total. The molecule has 1 heterocycles. The van der Waals surface area contributed by atoms with Crippen LogP contribution < -0.4 is 11.4 Å². The molecule has 16 heavy (non-hydrogen) atoms. The second kappa shape index (κ2) is 5.72. The highest BCUT2D eigenvalue weighted by Gasteiger charge is 2.08. The maximum absolute atomic E-state index is 11.6. The average molecular weight is 227 g/mol. The minimum atomic E-state index is -0.251. The van der Waals surface area contributed by atoms with E-state index in [9.17, 15) is 9.59 Å². The summed E-state index contributed by atoms with van der Waals surface area (Å²) < 4.78 is 4.04. The van der Waals surface area contributed by atoms with E-state index in [1.807, 2.05) is 0 Å².